The summed E-state index contributed by atoms with van der Waals surface area (Å²) in [7, 11) is 0. The van der Waals surface area contributed by atoms with Gasteiger partial charge in [0.05, 0.1) is 12.2 Å². The molecule has 0 unspecified atom stereocenters. The van der Waals surface area contributed by atoms with E-state index < -0.39 is 0 Å². The third-order valence-electron chi connectivity index (χ3n) is 1.48. The summed E-state index contributed by atoms with van der Waals surface area (Å²) in [5, 5.41) is 0. The lowest BCUT2D eigenvalue weighted by Gasteiger charge is -1.82. The Labute approximate surface area is 55.0 Å². The van der Waals surface area contributed by atoms with E-state index >= 15 is 0 Å². The molecule has 0 aromatic carbocycles. The van der Waals surface area contributed by atoms with Crippen LogP contribution >= 0.6 is 11.6 Å². The monoisotopic (exact) mass is 134 g/mol. The first-order valence-electron chi connectivity index (χ1n) is 3.10. The van der Waals surface area contributed by atoms with Crippen LogP contribution in [-0.2, 0) is 4.74 Å². The van der Waals surface area contributed by atoms with Crippen LogP contribution in [0.1, 0.15) is 19.8 Å². The first-order valence-corrected chi connectivity index (χ1v) is 3.63. The van der Waals surface area contributed by atoms with Gasteiger partial charge in [0.15, 0.2) is 0 Å². The summed E-state index contributed by atoms with van der Waals surface area (Å²) in [5.41, 5.74) is 0. The molecular weight excluding hydrogens is 124 g/mol. The van der Waals surface area contributed by atoms with Gasteiger partial charge in [-0.25, -0.2) is 0 Å². The summed E-state index contributed by atoms with van der Waals surface area (Å²) in [4.78, 5) is 0. The first-order chi connectivity index (χ1) is 3.88. The second kappa shape index (κ2) is 2.70. The topological polar surface area (TPSA) is 12.5 Å². The lowest BCUT2D eigenvalue weighted by molar-refractivity contribution is 0.364. The second-order valence-corrected chi connectivity index (χ2v) is 2.48. The Hall–Kier alpha value is 0.250. The van der Waals surface area contributed by atoms with Crippen LogP contribution in [0, 0.1) is 0 Å². The number of hydrogen-bond donors (Lipinski definition) is 0. The lowest BCUT2D eigenvalue weighted by atomic mass is 10.2. The fraction of sp³-hybridized carbons (Fsp3) is 1.00. The SMILES string of the molecule is CC[C@@H]1O[C@@H]1CCCl. The van der Waals surface area contributed by atoms with E-state index in [0.29, 0.717) is 12.2 Å². The molecule has 1 rings (SSSR count). The molecule has 1 aliphatic rings. The van der Waals surface area contributed by atoms with Gasteiger partial charge in [0, 0.05) is 5.88 Å². The van der Waals surface area contributed by atoms with E-state index in [-0.39, 0.29) is 0 Å². The van der Waals surface area contributed by atoms with Gasteiger partial charge >= 0.3 is 0 Å². The summed E-state index contributed by atoms with van der Waals surface area (Å²) >= 11 is 5.48. The predicted molar refractivity (Wildman–Crippen MR) is 34.3 cm³/mol. The van der Waals surface area contributed by atoms with E-state index in [0.717, 1.165) is 18.7 Å². The molecule has 1 nitrogen and oxygen atoms in total. The fourth-order valence-electron chi connectivity index (χ4n) is 0.900. The number of alkyl halides is 1. The lowest BCUT2D eigenvalue weighted by Crippen LogP contribution is -1.91. The minimum atomic E-state index is 0.498. The van der Waals surface area contributed by atoms with Gasteiger partial charge in [-0.2, -0.15) is 0 Å². The van der Waals surface area contributed by atoms with Crippen molar-refractivity contribution in [2.24, 2.45) is 0 Å². The highest BCUT2D eigenvalue weighted by Gasteiger charge is 2.35. The maximum Gasteiger partial charge on any atom is 0.0853 e. The number of ether oxygens (including phenoxy) is 1. The van der Waals surface area contributed by atoms with Gasteiger partial charge in [0.25, 0.3) is 0 Å². The minimum absolute atomic E-state index is 0.498. The van der Waals surface area contributed by atoms with Crippen molar-refractivity contribution in [3.63, 3.8) is 0 Å². The number of hydrogen-bond acceptors (Lipinski definition) is 1. The van der Waals surface area contributed by atoms with E-state index in [1.54, 1.807) is 0 Å². The average Bonchev–Trinajstić information content (AvgIpc) is 2.48. The molecular formula is C6H11ClO. The van der Waals surface area contributed by atoms with Crippen LogP contribution in [0.5, 0.6) is 0 Å². The van der Waals surface area contributed by atoms with Crippen LogP contribution in [0.3, 0.4) is 0 Å². The largest absolute Gasteiger partial charge is 0.370 e. The summed E-state index contributed by atoms with van der Waals surface area (Å²) in [6, 6.07) is 0. The fourth-order valence-corrected chi connectivity index (χ4v) is 1.11. The number of halogens is 1. The van der Waals surface area contributed by atoms with Crippen molar-refractivity contribution in [2.45, 2.75) is 32.0 Å². The van der Waals surface area contributed by atoms with E-state index in [1.807, 2.05) is 0 Å². The van der Waals surface area contributed by atoms with E-state index in [9.17, 15) is 0 Å². The third kappa shape index (κ3) is 1.36. The second-order valence-electron chi connectivity index (χ2n) is 2.10. The molecule has 0 aliphatic carbocycles. The molecule has 1 aliphatic heterocycles. The highest BCUT2D eigenvalue weighted by molar-refractivity contribution is 6.17. The quantitative estimate of drug-likeness (QED) is 0.424. The molecule has 48 valence electrons. The van der Waals surface area contributed by atoms with E-state index in [2.05, 4.69) is 6.92 Å². The molecule has 0 aromatic rings. The number of rotatable bonds is 3. The molecule has 0 saturated carbocycles. The van der Waals surface area contributed by atoms with Crippen LogP contribution in [0.25, 0.3) is 0 Å². The predicted octanol–water partition coefficient (Wildman–Crippen LogP) is 1.79. The molecule has 0 spiro atoms. The molecule has 0 radical (unpaired) electrons. The van der Waals surface area contributed by atoms with Crippen molar-refractivity contribution >= 4 is 11.6 Å². The Morgan fingerprint density at radius 1 is 1.50 bits per heavy atom. The van der Waals surface area contributed by atoms with Crippen LogP contribution in [-0.4, -0.2) is 18.1 Å². The Kier molecular flexibility index (Phi) is 2.15. The summed E-state index contributed by atoms with van der Waals surface area (Å²) < 4.78 is 5.22. The molecule has 0 bridgehead atoms. The van der Waals surface area contributed by atoms with Crippen molar-refractivity contribution in [1.82, 2.24) is 0 Å². The normalized spacial score (nSPS) is 35.2. The van der Waals surface area contributed by atoms with Crippen LogP contribution in [0.2, 0.25) is 0 Å². The first kappa shape index (κ1) is 6.37. The molecule has 8 heavy (non-hydrogen) atoms. The Balaban J connectivity index is 1.99. The molecule has 1 heterocycles. The molecule has 0 amide bonds. The van der Waals surface area contributed by atoms with Gasteiger partial charge < -0.3 is 4.74 Å². The summed E-state index contributed by atoms with van der Waals surface area (Å²) in [5.74, 6) is 0.737. The molecule has 0 aromatic heterocycles. The molecule has 0 N–H and O–H groups in total. The van der Waals surface area contributed by atoms with Gasteiger partial charge in [-0.05, 0) is 12.8 Å². The molecule has 1 saturated heterocycles. The van der Waals surface area contributed by atoms with Crippen molar-refractivity contribution in [1.29, 1.82) is 0 Å². The zero-order chi connectivity index (χ0) is 5.98. The zero-order valence-electron chi connectivity index (χ0n) is 5.06. The van der Waals surface area contributed by atoms with Gasteiger partial charge in [0.2, 0.25) is 0 Å². The Morgan fingerprint density at radius 3 is 2.62 bits per heavy atom. The van der Waals surface area contributed by atoms with Crippen LogP contribution in [0.4, 0.5) is 0 Å². The van der Waals surface area contributed by atoms with E-state index in [1.165, 1.54) is 0 Å². The third-order valence-corrected chi connectivity index (χ3v) is 1.70. The minimum Gasteiger partial charge on any atom is -0.370 e. The van der Waals surface area contributed by atoms with Gasteiger partial charge in [-0.1, -0.05) is 6.92 Å². The molecule has 2 heteroatoms. The van der Waals surface area contributed by atoms with E-state index in [4.69, 9.17) is 16.3 Å². The smallest absolute Gasteiger partial charge is 0.0853 e. The maximum absolute atomic E-state index is 5.48. The number of epoxide rings is 1. The van der Waals surface area contributed by atoms with Crippen LogP contribution < -0.4 is 0 Å². The Morgan fingerprint density at radius 2 is 2.25 bits per heavy atom. The highest BCUT2D eigenvalue weighted by atomic mass is 35.5. The zero-order valence-corrected chi connectivity index (χ0v) is 5.82. The molecule has 2 atom stereocenters. The van der Waals surface area contributed by atoms with Crippen molar-refractivity contribution in [2.75, 3.05) is 5.88 Å². The highest BCUT2D eigenvalue weighted by Crippen LogP contribution is 2.27. The van der Waals surface area contributed by atoms with Crippen molar-refractivity contribution in [3.05, 3.63) is 0 Å². The van der Waals surface area contributed by atoms with Crippen LogP contribution in [0.15, 0.2) is 0 Å². The van der Waals surface area contributed by atoms with Gasteiger partial charge in [-0.3, -0.25) is 0 Å². The molecule has 1 fully saturated rings. The van der Waals surface area contributed by atoms with Gasteiger partial charge in [-0.15, -0.1) is 11.6 Å². The summed E-state index contributed by atoms with van der Waals surface area (Å²) in [6.45, 7) is 2.14. The maximum atomic E-state index is 5.48. The van der Waals surface area contributed by atoms with Crippen molar-refractivity contribution in [3.8, 4) is 0 Å². The van der Waals surface area contributed by atoms with Crippen molar-refractivity contribution < 1.29 is 4.74 Å². The average molecular weight is 135 g/mol. The standard InChI is InChI=1S/C6H11ClO/c1-2-5-6(8-5)3-4-7/h5-6H,2-4H2,1H3/t5-,6+/m0/s1. The Bertz CT molecular complexity index is 74.9. The summed E-state index contributed by atoms with van der Waals surface area (Å²) in [6.07, 6.45) is 3.20. The van der Waals surface area contributed by atoms with Gasteiger partial charge in [0.1, 0.15) is 0 Å².